The molecule has 0 bridgehead atoms. The van der Waals surface area contributed by atoms with E-state index in [9.17, 15) is 4.39 Å². The van der Waals surface area contributed by atoms with Gasteiger partial charge in [0.25, 0.3) is 0 Å². The molecule has 2 aromatic rings. The van der Waals surface area contributed by atoms with Crippen LogP contribution in [0.1, 0.15) is 30.5 Å². The number of nitrogens with zero attached hydrogens (tertiary/aromatic N) is 2. The summed E-state index contributed by atoms with van der Waals surface area (Å²) < 4.78 is 18.9. The summed E-state index contributed by atoms with van der Waals surface area (Å²) >= 11 is 0. The summed E-state index contributed by atoms with van der Waals surface area (Å²) in [6, 6.07) is 8.90. The smallest absolute Gasteiger partial charge is 0.218 e. The number of aromatic nitrogens is 1. The van der Waals surface area contributed by atoms with Crippen LogP contribution in [0.25, 0.3) is 0 Å². The second-order valence-electron chi connectivity index (χ2n) is 5.53. The second-order valence-corrected chi connectivity index (χ2v) is 5.53. The van der Waals surface area contributed by atoms with E-state index in [0.29, 0.717) is 37.1 Å². The van der Waals surface area contributed by atoms with Crippen molar-refractivity contribution in [1.29, 1.82) is 0 Å². The molecule has 0 aliphatic heterocycles. The van der Waals surface area contributed by atoms with Crippen molar-refractivity contribution in [2.45, 2.75) is 33.9 Å². The van der Waals surface area contributed by atoms with Crippen molar-refractivity contribution in [2.75, 3.05) is 13.2 Å². The first-order valence-electron chi connectivity index (χ1n) is 8.48. The second kappa shape index (κ2) is 9.61. The topological polar surface area (TPSA) is 58.5 Å². The maximum absolute atomic E-state index is 13.3. The molecule has 0 saturated carbocycles. The predicted octanol–water partition coefficient (Wildman–Crippen LogP) is 3.18. The summed E-state index contributed by atoms with van der Waals surface area (Å²) in [6.45, 7) is 8.04. The molecule has 0 spiro atoms. The van der Waals surface area contributed by atoms with Gasteiger partial charge in [-0.3, -0.25) is 0 Å². The first-order valence-corrected chi connectivity index (χ1v) is 8.48. The molecule has 0 fully saturated rings. The van der Waals surface area contributed by atoms with Crippen LogP contribution in [0, 0.1) is 12.7 Å². The summed E-state index contributed by atoms with van der Waals surface area (Å²) in [5.74, 6) is 1.12. The van der Waals surface area contributed by atoms with E-state index < -0.39 is 0 Å². The zero-order valence-corrected chi connectivity index (χ0v) is 15.0. The average molecular weight is 344 g/mol. The first-order chi connectivity index (χ1) is 12.1. The van der Waals surface area contributed by atoms with Crippen LogP contribution >= 0.6 is 0 Å². The predicted molar refractivity (Wildman–Crippen MR) is 98.2 cm³/mol. The van der Waals surface area contributed by atoms with Gasteiger partial charge in [-0.1, -0.05) is 18.2 Å². The van der Waals surface area contributed by atoms with Gasteiger partial charge in [-0.2, -0.15) is 0 Å². The molecule has 0 atom stereocenters. The minimum atomic E-state index is -0.196. The van der Waals surface area contributed by atoms with Crippen molar-refractivity contribution in [3.05, 3.63) is 59.0 Å². The van der Waals surface area contributed by atoms with Crippen molar-refractivity contribution >= 4 is 5.96 Å². The molecule has 0 saturated heterocycles. The van der Waals surface area contributed by atoms with Gasteiger partial charge in [0.2, 0.25) is 5.88 Å². The van der Waals surface area contributed by atoms with Gasteiger partial charge in [-0.15, -0.1) is 0 Å². The van der Waals surface area contributed by atoms with E-state index in [2.05, 4.69) is 20.6 Å². The van der Waals surface area contributed by atoms with Gasteiger partial charge in [0.15, 0.2) is 5.96 Å². The molecular formula is C19H25FN4O. The molecule has 0 aliphatic carbocycles. The normalized spacial score (nSPS) is 11.3. The van der Waals surface area contributed by atoms with E-state index in [0.717, 1.165) is 17.7 Å². The largest absolute Gasteiger partial charge is 0.478 e. The summed E-state index contributed by atoms with van der Waals surface area (Å²) in [6.07, 6.45) is 1.71. The minimum absolute atomic E-state index is 0.196. The lowest BCUT2D eigenvalue weighted by atomic mass is 10.1. The number of hydrogen-bond acceptors (Lipinski definition) is 3. The Labute approximate surface area is 148 Å². The Bertz CT molecular complexity index is 718. The molecule has 0 radical (unpaired) electrons. The van der Waals surface area contributed by atoms with Crippen LogP contribution in [0.2, 0.25) is 0 Å². The Balaban J connectivity index is 2.03. The molecular weight excluding hydrogens is 319 g/mol. The molecule has 0 amide bonds. The van der Waals surface area contributed by atoms with Crippen molar-refractivity contribution in [2.24, 2.45) is 4.99 Å². The number of hydrogen-bond donors (Lipinski definition) is 2. The SMILES string of the molecule is CCNC(=NCc1ccc(F)c(C)c1)NCc1cccnc1OCC. The minimum Gasteiger partial charge on any atom is -0.478 e. The van der Waals surface area contributed by atoms with Crippen LogP contribution in [-0.2, 0) is 13.1 Å². The van der Waals surface area contributed by atoms with E-state index in [4.69, 9.17) is 4.74 Å². The third-order valence-corrected chi connectivity index (χ3v) is 3.56. The Hall–Kier alpha value is -2.63. The molecule has 134 valence electrons. The van der Waals surface area contributed by atoms with E-state index in [1.54, 1.807) is 19.2 Å². The van der Waals surface area contributed by atoms with Crippen LogP contribution in [-0.4, -0.2) is 24.1 Å². The van der Waals surface area contributed by atoms with Crippen molar-refractivity contribution in [3.8, 4) is 5.88 Å². The van der Waals surface area contributed by atoms with Crippen LogP contribution in [0.4, 0.5) is 4.39 Å². The highest BCUT2D eigenvalue weighted by molar-refractivity contribution is 5.79. The molecule has 0 aliphatic rings. The summed E-state index contributed by atoms with van der Waals surface area (Å²) in [5.41, 5.74) is 2.56. The van der Waals surface area contributed by atoms with Crippen LogP contribution in [0.5, 0.6) is 5.88 Å². The number of guanidine groups is 1. The third kappa shape index (κ3) is 5.74. The van der Waals surface area contributed by atoms with Crippen molar-refractivity contribution in [3.63, 3.8) is 0 Å². The van der Waals surface area contributed by atoms with Gasteiger partial charge < -0.3 is 15.4 Å². The quantitative estimate of drug-likeness (QED) is 0.598. The molecule has 5 nitrogen and oxygen atoms in total. The number of benzene rings is 1. The van der Waals surface area contributed by atoms with Crippen LogP contribution in [0.3, 0.4) is 0 Å². The standard InChI is InChI=1S/C19H25FN4O/c1-4-21-19(23-12-15-8-9-17(20)14(3)11-15)24-13-16-7-6-10-22-18(16)25-5-2/h6-11H,4-5,12-13H2,1-3H3,(H2,21,23,24). The third-order valence-electron chi connectivity index (χ3n) is 3.56. The van der Waals surface area contributed by atoms with Gasteiger partial charge in [-0.05, 0) is 44.0 Å². The molecule has 25 heavy (non-hydrogen) atoms. The van der Waals surface area contributed by atoms with Gasteiger partial charge in [-0.25, -0.2) is 14.4 Å². The number of aryl methyl sites for hydroxylation is 1. The molecule has 2 N–H and O–H groups in total. The zero-order chi connectivity index (χ0) is 18.1. The van der Waals surface area contributed by atoms with Crippen molar-refractivity contribution < 1.29 is 9.13 Å². The number of aliphatic imine (C=N–C) groups is 1. The first kappa shape index (κ1) is 18.7. The lowest BCUT2D eigenvalue weighted by Gasteiger charge is -2.13. The maximum Gasteiger partial charge on any atom is 0.218 e. The van der Waals surface area contributed by atoms with Crippen molar-refractivity contribution in [1.82, 2.24) is 15.6 Å². The monoisotopic (exact) mass is 344 g/mol. The average Bonchev–Trinajstić information content (AvgIpc) is 2.61. The number of nitrogens with one attached hydrogen (secondary N) is 2. The Morgan fingerprint density at radius 3 is 2.80 bits per heavy atom. The fraction of sp³-hybridized carbons (Fsp3) is 0.368. The van der Waals surface area contributed by atoms with E-state index in [1.165, 1.54) is 6.07 Å². The number of ether oxygens (including phenoxy) is 1. The molecule has 1 heterocycles. The highest BCUT2D eigenvalue weighted by Crippen LogP contribution is 2.14. The van der Waals surface area contributed by atoms with Gasteiger partial charge in [0.05, 0.1) is 13.2 Å². The molecule has 2 rings (SSSR count). The fourth-order valence-corrected chi connectivity index (χ4v) is 2.32. The van der Waals surface area contributed by atoms with E-state index >= 15 is 0 Å². The molecule has 0 unspecified atom stereocenters. The van der Waals surface area contributed by atoms with E-state index in [1.807, 2.05) is 32.0 Å². The summed E-state index contributed by atoms with van der Waals surface area (Å²) in [7, 11) is 0. The summed E-state index contributed by atoms with van der Waals surface area (Å²) in [4.78, 5) is 8.80. The fourth-order valence-electron chi connectivity index (χ4n) is 2.32. The van der Waals surface area contributed by atoms with Crippen LogP contribution < -0.4 is 15.4 Å². The molecule has 6 heteroatoms. The van der Waals surface area contributed by atoms with Gasteiger partial charge in [0.1, 0.15) is 5.82 Å². The maximum atomic E-state index is 13.3. The van der Waals surface area contributed by atoms with Gasteiger partial charge in [0, 0.05) is 24.8 Å². The number of rotatable bonds is 7. The Morgan fingerprint density at radius 2 is 2.08 bits per heavy atom. The number of pyridine rings is 1. The van der Waals surface area contributed by atoms with E-state index in [-0.39, 0.29) is 5.82 Å². The highest BCUT2D eigenvalue weighted by atomic mass is 19.1. The lowest BCUT2D eigenvalue weighted by molar-refractivity contribution is 0.322. The molecule has 1 aromatic carbocycles. The Morgan fingerprint density at radius 1 is 1.24 bits per heavy atom. The highest BCUT2D eigenvalue weighted by Gasteiger charge is 2.06. The number of halogens is 1. The van der Waals surface area contributed by atoms with Gasteiger partial charge >= 0.3 is 0 Å². The molecule has 1 aromatic heterocycles. The Kier molecular flexibility index (Phi) is 7.19. The summed E-state index contributed by atoms with van der Waals surface area (Å²) in [5, 5.41) is 6.48. The zero-order valence-electron chi connectivity index (χ0n) is 15.0. The van der Waals surface area contributed by atoms with Crippen LogP contribution in [0.15, 0.2) is 41.5 Å². The lowest BCUT2D eigenvalue weighted by Crippen LogP contribution is -2.36.